The number of benzene rings is 2. The lowest BCUT2D eigenvalue weighted by atomic mass is 10.0. The zero-order valence-electron chi connectivity index (χ0n) is 29.1. The molecule has 2 aromatic heterocycles. The number of amides is 3. The van der Waals surface area contributed by atoms with E-state index in [2.05, 4.69) is 29.7 Å². The monoisotopic (exact) mass is 711 g/mol. The number of carbonyl (C=O) groups is 3. The van der Waals surface area contributed by atoms with E-state index >= 15 is 0 Å². The van der Waals surface area contributed by atoms with Crippen LogP contribution in [0.1, 0.15) is 59.5 Å². The van der Waals surface area contributed by atoms with Crippen molar-refractivity contribution in [2.24, 2.45) is 7.05 Å². The molecule has 12 nitrogen and oxygen atoms in total. The van der Waals surface area contributed by atoms with Crippen LogP contribution in [-0.4, -0.2) is 86.3 Å². The Bertz CT molecular complexity index is 1950. The Labute approximate surface area is 302 Å². The zero-order valence-corrected chi connectivity index (χ0v) is 29.9. The smallest absolute Gasteiger partial charge is 0.255 e. The maximum Gasteiger partial charge on any atom is 0.255 e. The van der Waals surface area contributed by atoms with Crippen molar-refractivity contribution in [2.45, 2.75) is 63.8 Å². The van der Waals surface area contributed by atoms with Crippen LogP contribution in [-0.2, 0) is 36.3 Å². The van der Waals surface area contributed by atoms with Crippen LogP contribution in [0.5, 0.6) is 17.2 Å². The van der Waals surface area contributed by atoms with Gasteiger partial charge in [0, 0.05) is 56.0 Å². The Balaban J connectivity index is 1.00. The van der Waals surface area contributed by atoms with Gasteiger partial charge in [-0.05, 0) is 87.9 Å². The first-order valence-corrected chi connectivity index (χ1v) is 17.7. The second-order valence-electron chi connectivity index (χ2n) is 13.7. The van der Waals surface area contributed by atoms with Crippen LogP contribution < -0.4 is 14.8 Å². The Morgan fingerprint density at radius 2 is 1.78 bits per heavy atom. The van der Waals surface area contributed by atoms with E-state index < -0.39 is 11.9 Å². The second kappa shape index (κ2) is 14.8. The van der Waals surface area contributed by atoms with Crippen LogP contribution in [0.3, 0.4) is 0 Å². The summed E-state index contributed by atoms with van der Waals surface area (Å²) in [7, 11) is 6.09. The van der Waals surface area contributed by atoms with Crippen molar-refractivity contribution in [2.75, 3.05) is 27.2 Å². The minimum atomic E-state index is -0.647. The molecule has 7 rings (SSSR count). The van der Waals surface area contributed by atoms with E-state index in [0.717, 1.165) is 60.7 Å². The summed E-state index contributed by atoms with van der Waals surface area (Å²) in [5.41, 5.74) is 4.25. The van der Waals surface area contributed by atoms with Crippen molar-refractivity contribution >= 4 is 29.3 Å². The van der Waals surface area contributed by atoms with E-state index in [1.54, 1.807) is 17.2 Å². The number of nitrogens with zero attached hydrogens (tertiary/aromatic N) is 6. The van der Waals surface area contributed by atoms with E-state index in [0.29, 0.717) is 54.0 Å². The molecular weight excluding hydrogens is 670 g/mol. The molecule has 0 bridgehead atoms. The first-order valence-electron chi connectivity index (χ1n) is 17.4. The molecule has 3 aliphatic rings. The van der Waals surface area contributed by atoms with Crippen LogP contribution in [0.15, 0.2) is 60.9 Å². The molecular formula is C38H42ClN7O5. The number of carbonyl (C=O) groups excluding carboxylic acids is 3. The van der Waals surface area contributed by atoms with Gasteiger partial charge in [-0.3, -0.25) is 29.6 Å². The third kappa shape index (κ3) is 7.63. The van der Waals surface area contributed by atoms with E-state index in [1.807, 2.05) is 69.8 Å². The molecule has 0 radical (unpaired) electrons. The van der Waals surface area contributed by atoms with Gasteiger partial charge in [0.15, 0.2) is 5.75 Å². The van der Waals surface area contributed by atoms with Crippen LogP contribution in [0.4, 0.5) is 0 Å². The lowest BCUT2D eigenvalue weighted by Crippen LogP contribution is -2.52. The molecule has 4 aromatic rings. The SMILES string of the molecule is CN(C)Cc1ncc(-c2ccc(Oc3cc(Cl)cnc3CN3CCCC[C@@H]3COc3ccc4c(c3)CN(C3CCC(=O)NC3=O)C4=O)cc2)n1C. The summed E-state index contributed by atoms with van der Waals surface area (Å²) in [6.07, 6.45) is 7.25. The second-order valence-corrected chi connectivity index (χ2v) is 14.2. The number of piperidine rings is 2. The number of fused-ring (bicyclic) bond motifs is 1. The van der Waals surface area contributed by atoms with Gasteiger partial charge in [0.2, 0.25) is 11.8 Å². The Hall–Kier alpha value is -4.78. The first-order chi connectivity index (χ1) is 24.6. The topological polar surface area (TPSA) is 122 Å². The molecule has 2 aromatic carbocycles. The predicted molar refractivity (Wildman–Crippen MR) is 191 cm³/mol. The number of nitrogens with one attached hydrogen (secondary N) is 1. The number of hydrogen-bond donors (Lipinski definition) is 1. The maximum absolute atomic E-state index is 13.1. The van der Waals surface area contributed by atoms with Crippen LogP contribution in [0.2, 0.25) is 5.02 Å². The number of aromatic nitrogens is 3. The average Bonchev–Trinajstić information content (AvgIpc) is 3.63. The molecule has 0 spiro atoms. The van der Waals surface area contributed by atoms with Gasteiger partial charge in [-0.1, -0.05) is 18.0 Å². The van der Waals surface area contributed by atoms with E-state index in [9.17, 15) is 14.4 Å². The fourth-order valence-corrected chi connectivity index (χ4v) is 7.25. The molecule has 5 heterocycles. The number of imidazole rings is 1. The van der Waals surface area contributed by atoms with Crippen molar-refractivity contribution in [3.05, 3.63) is 88.6 Å². The third-order valence-electron chi connectivity index (χ3n) is 9.86. The number of pyridine rings is 1. The number of imide groups is 1. The van der Waals surface area contributed by atoms with Gasteiger partial charge in [-0.15, -0.1) is 0 Å². The summed E-state index contributed by atoms with van der Waals surface area (Å²) in [5, 5.41) is 2.85. The van der Waals surface area contributed by atoms with Crippen molar-refractivity contribution in [3.8, 4) is 28.5 Å². The predicted octanol–water partition coefficient (Wildman–Crippen LogP) is 5.18. The minimum absolute atomic E-state index is 0.148. The molecule has 266 valence electrons. The Kier molecular flexibility index (Phi) is 10.1. The summed E-state index contributed by atoms with van der Waals surface area (Å²) in [5.74, 6) is 2.05. The number of hydrogen-bond acceptors (Lipinski definition) is 9. The molecule has 13 heteroatoms. The van der Waals surface area contributed by atoms with Crippen molar-refractivity contribution in [3.63, 3.8) is 0 Å². The lowest BCUT2D eigenvalue weighted by molar-refractivity contribution is -0.136. The van der Waals surface area contributed by atoms with E-state index in [-0.39, 0.29) is 24.3 Å². The normalized spacial score (nSPS) is 19.4. The summed E-state index contributed by atoms with van der Waals surface area (Å²) >= 11 is 6.40. The van der Waals surface area contributed by atoms with Gasteiger partial charge in [0.05, 0.1) is 29.2 Å². The van der Waals surface area contributed by atoms with Crippen LogP contribution in [0.25, 0.3) is 11.3 Å². The number of likely N-dealkylation sites (tertiary alicyclic amines) is 1. The molecule has 1 unspecified atom stereocenters. The maximum atomic E-state index is 13.1. The fourth-order valence-electron chi connectivity index (χ4n) is 7.10. The van der Waals surface area contributed by atoms with Crippen molar-refractivity contribution in [1.82, 2.24) is 34.6 Å². The molecule has 3 aliphatic heterocycles. The van der Waals surface area contributed by atoms with Gasteiger partial charge in [0.25, 0.3) is 5.91 Å². The molecule has 3 amide bonds. The first kappa shape index (κ1) is 34.7. The van der Waals surface area contributed by atoms with Crippen molar-refractivity contribution in [1.29, 1.82) is 0 Å². The highest BCUT2D eigenvalue weighted by Crippen LogP contribution is 2.33. The molecule has 1 N–H and O–H groups in total. The molecule has 51 heavy (non-hydrogen) atoms. The fraction of sp³-hybridized carbons (Fsp3) is 0.395. The molecule has 2 saturated heterocycles. The largest absolute Gasteiger partial charge is 0.492 e. The van der Waals surface area contributed by atoms with E-state index in [4.69, 9.17) is 21.1 Å². The van der Waals surface area contributed by atoms with Gasteiger partial charge >= 0.3 is 0 Å². The molecule has 2 fully saturated rings. The number of ether oxygens (including phenoxy) is 2. The van der Waals surface area contributed by atoms with Gasteiger partial charge < -0.3 is 23.8 Å². The number of rotatable bonds is 11. The van der Waals surface area contributed by atoms with Gasteiger partial charge in [-0.25, -0.2) is 4.98 Å². The third-order valence-corrected chi connectivity index (χ3v) is 10.1. The minimum Gasteiger partial charge on any atom is -0.492 e. The van der Waals surface area contributed by atoms with Crippen LogP contribution >= 0.6 is 11.6 Å². The zero-order chi connectivity index (χ0) is 35.6. The standard InChI is InChI=1S/C38H42ClN7O5/c1-43(2)22-35-41-19-33(44(35)3)24-7-9-28(10-8-24)51-34-17-26(39)18-40-31(34)21-45-15-5-4-6-27(45)23-50-29-11-12-30-25(16-29)20-46(38(30)49)32-13-14-36(47)42-37(32)48/h7-12,16-19,27,32H,4-6,13-15,20-23H2,1-3H3,(H,42,47,48)/t27-,32?/m1/s1. The van der Waals surface area contributed by atoms with Crippen molar-refractivity contribution < 1.29 is 23.9 Å². The van der Waals surface area contributed by atoms with Gasteiger partial charge in [-0.2, -0.15) is 0 Å². The lowest BCUT2D eigenvalue weighted by Gasteiger charge is -2.35. The summed E-state index contributed by atoms with van der Waals surface area (Å²) in [6, 6.07) is 14.7. The quantitative estimate of drug-likeness (QED) is 0.210. The van der Waals surface area contributed by atoms with Crippen LogP contribution in [0, 0.1) is 0 Å². The highest BCUT2D eigenvalue weighted by molar-refractivity contribution is 6.30. The summed E-state index contributed by atoms with van der Waals surface area (Å²) < 4.78 is 14.8. The Morgan fingerprint density at radius 1 is 0.980 bits per heavy atom. The highest BCUT2D eigenvalue weighted by Gasteiger charge is 2.39. The van der Waals surface area contributed by atoms with Gasteiger partial charge in [0.1, 0.15) is 30.0 Å². The van der Waals surface area contributed by atoms with E-state index in [1.165, 1.54) is 0 Å². The highest BCUT2D eigenvalue weighted by atomic mass is 35.5. The molecule has 0 saturated carbocycles. The molecule has 0 aliphatic carbocycles. The summed E-state index contributed by atoms with van der Waals surface area (Å²) in [4.78, 5) is 52.5. The average molecular weight is 712 g/mol. The summed E-state index contributed by atoms with van der Waals surface area (Å²) in [6.45, 7) is 3.00. The molecule has 2 atom stereocenters. The number of halogens is 1. The Morgan fingerprint density at radius 3 is 2.57 bits per heavy atom.